The first-order valence-corrected chi connectivity index (χ1v) is 11.7. The van der Waals surface area contributed by atoms with Gasteiger partial charge in [-0.25, -0.2) is 33.5 Å². The van der Waals surface area contributed by atoms with Gasteiger partial charge in [0.2, 0.25) is 11.6 Å². The number of rotatable bonds is 3. The minimum atomic E-state index is -1.10. The van der Waals surface area contributed by atoms with Gasteiger partial charge in [0.1, 0.15) is 11.6 Å². The maximum Gasteiger partial charge on any atom is 0.373 e. The summed E-state index contributed by atoms with van der Waals surface area (Å²) in [5, 5.41) is 12.2. The van der Waals surface area contributed by atoms with Crippen LogP contribution in [-0.2, 0) is 0 Å². The number of carbonyl (C=O) groups is 2. The van der Waals surface area contributed by atoms with E-state index in [9.17, 15) is 18.4 Å². The summed E-state index contributed by atoms with van der Waals surface area (Å²) in [6, 6.07) is 15.4. The number of aromatic carboxylic acids is 1. The van der Waals surface area contributed by atoms with Gasteiger partial charge < -0.3 is 16.2 Å². The molecule has 0 atom stereocenters. The number of amides is 1. The fourth-order valence-electron chi connectivity index (χ4n) is 3.44. The molecule has 0 saturated carbocycles. The number of nitrogens with zero attached hydrogens (tertiary/aromatic N) is 6. The molecular formula is C28H21BF2N8O3U. The predicted octanol–water partition coefficient (Wildman–Crippen LogP) is 3.90. The summed E-state index contributed by atoms with van der Waals surface area (Å²) >= 11 is 0. The summed E-state index contributed by atoms with van der Waals surface area (Å²) in [7, 11) is 3.75. The maximum atomic E-state index is 13.5. The van der Waals surface area contributed by atoms with E-state index in [0.29, 0.717) is 22.1 Å². The van der Waals surface area contributed by atoms with Crippen LogP contribution in [0.15, 0.2) is 97.8 Å². The van der Waals surface area contributed by atoms with Gasteiger partial charge in [0.25, 0.3) is 5.91 Å². The van der Waals surface area contributed by atoms with Gasteiger partial charge in [0, 0.05) is 87.4 Å². The van der Waals surface area contributed by atoms with Crippen molar-refractivity contribution in [1.29, 1.82) is 1.34 Å². The van der Waals surface area contributed by atoms with Crippen LogP contribution in [0, 0.1) is 42.7 Å². The van der Waals surface area contributed by atoms with E-state index in [4.69, 9.17) is 12.2 Å². The first-order chi connectivity index (χ1) is 20.8. The molecule has 2 aromatic carbocycles. The number of nitrogens with two attached hydrogens (primary N) is 1. The number of aromatic nitrogens is 6. The Labute approximate surface area is 270 Å². The first kappa shape index (κ1) is 32.6. The van der Waals surface area contributed by atoms with E-state index in [2.05, 4.69) is 43.6 Å². The second-order valence-electron chi connectivity index (χ2n) is 8.00. The largest absolute Gasteiger partial charge is 0.475 e. The molecule has 11 nitrogen and oxygen atoms in total. The van der Waals surface area contributed by atoms with E-state index in [1.165, 1.54) is 49.1 Å². The molecule has 6 rings (SSSR count). The number of nitrogens with one attached hydrogen (secondary N) is 1. The van der Waals surface area contributed by atoms with Gasteiger partial charge in [0.05, 0.1) is 22.4 Å². The predicted molar refractivity (Wildman–Crippen MR) is 154 cm³/mol. The van der Waals surface area contributed by atoms with Crippen LogP contribution >= 0.6 is 0 Å². The third-order valence-electron chi connectivity index (χ3n) is 5.14. The second-order valence-corrected chi connectivity index (χ2v) is 8.00. The van der Waals surface area contributed by atoms with Crippen LogP contribution in [-0.4, -0.2) is 56.6 Å². The minimum absolute atomic E-state index is 0. The number of carbonyl (C=O) groups excluding carboxylic acids is 1. The zero-order chi connectivity index (χ0) is 31.2. The van der Waals surface area contributed by atoms with Crippen molar-refractivity contribution in [3.8, 4) is 0 Å². The number of pyridine rings is 2. The monoisotopic (exact) mass is 806 g/mol. The molecule has 4 heterocycles. The van der Waals surface area contributed by atoms with E-state index < -0.39 is 17.7 Å². The van der Waals surface area contributed by atoms with E-state index in [1.54, 1.807) is 48.8 Å². The van der Waals surface area contributed by atoms with Crippen molar-refractivity contribution in [1.82, 2.24) is 29.9 Å². The van der Waals surface area contributed by atoms with Gasteiger partial charge in [-0.2, -0.15) is 0 Å². The average molecular weight is 806 g/mol. The summed E-state index contributed by atoms with van der Waals surface area (Å²) < 4.78 is 31.6. The molecule has 15 heteroatoms. The van der Waals surface area contributed by atoms with Crippen LogP contribution in [0.4, 0.5) is 20.2 Å². The van der Waals surface area contributed by atoms with E-state index >= 15 is 0 Å². The molecule has 4 aromatic heterocycles. The van der Waals surface area contributed by atoms with Crippen molar-refractivity contribution >= 4 is 53.4 Å². The van der Waals surface area contributed by atoms with Crippen molar-refractivity contribution in [3.63, 3.8) is 0 Å². The summed E-state index contributed by atoms with van der Waals surface area (Å²) in [5.41, 5.74) is 7.39. The van der Waals surface area contributed by atoms with Gasteiger partial charge in [-0.3, -0.25) is 14.8 Å². The number of anilines is 2. The molecule has 0 spiro atoms. The molecule has 0 aliphatic carbocycles. The number of halogens is 2. The van der Waals surface area contributed by atoms with E-state index in [0.717, 1.165) is 5.39 Å². The fourth-order valence-corrected chi connectivity index (χ4v) is 3.44. The molecule has 6 aromatic rings. The van der Waals surface area contributed by atoms with Crippen LogP contribution < -0.4 is 11.1 Å². The Morgan fingerprint density at radius 1 is 0.721 bits per heavy atom. The topological polar surface area (TPSA) is 170 Å². The van der Waals surface area contributed by atoms with Crippen LogP contribution in [0.1, 0.15) is 21.2 Å². The Morgan fingerprint density at radius 3 is 1.72 bits per heavy atom. The third kappa shape index (κ3) is 9.59. The first-order valence-electron chi connectivity index (χ1n) is 12.3. The minimum Gasteiger partial charge on any atom is -0.475 e. The molecule has 0 aliphatic rings. The molecule has 0 fully saturated rings. The molecule has 0 unspecified atom stereocenters. The Morgan fingerprint density at radius 2 is 1.19 bits per heavy atom. The van der Waals surface area contributed by atoms with Crippen molar-refractivity contribution in [3.05, 3.63) is 121 Å². The Hall–Kier alpha value is -4.86. The third-order valence-corrected chi connectivity index (χ3v) is 5.14. The molecule has 0 saturated heterocycles. The van der Waals surface area contributed by atoms with Gasteiger partial charge in [-0.05, 0) is 49.9 Å². The number of hydrogen-bond donors (Lipinski definition) is 3. The molecule has 43 heavy (non-hydrogen) atoms. The zero-order valence-electron chi connectivity index (χ0n) is 23.1. The average Bonchev–Trinajstić information content (AvgIpc) is 3.03. The molecule has 4 N–H and O–H groups in total. The number of benzene rings is 2. The molecule has 0 aliphatic heterocycles. The number of nitrogen functional groups attached to an aromatic ring is 1. The van der Waals surface area contributed by atoms with Gasteiger partial charge in [0.15, 0.2) is 0 Å². The normalized spacial score (nSPS) is 9.77. The Balaban J connectivity index is 0.000000241. The Kier molecular flexibility index (Phi) is 12.6. The van der Waals surface area contributed by atoms with Crippen molar-refractivity contribution in [2.24, 2.45) is 0 Å². The van der Waals surface area contributed by atoms with Crippen molar-refractivity contribution in [2.45, 2.75) is 0 Å². The SMILES string of the molecule is Nc1cc(F)cc2cccnc12.O=C(Nc1cc(F)cc2cccnc12)c1ncccn1.O=C(O)c1ncccn1.[3H][B].[U]. The van der Waals surface area contributed by atoms with Crippen LogP contribution in [0.2, 0.25) is 0 Å². The maximum absolute atomic E-state index is 13.5. The van der Waals surface area contributed by atoms with Crippen LogP contribution in [0.3, 0.4) is 0 Å². The standard InChI is InChI=1S/C14H9FN4O.C9H7FN2.C5H4N2O2.BH.U/c15-10-7-9-3-1-4-16-12(9)11(8-10)19-14(20)13-17-5-2-6-18-13;10-7-4-6-2-1-3-12-9(6)8(11)5-7;8-5(9)4-6-2-1-3-7-4;;/h1-8H,(H,19,20);1-5H,11H2;1-3H,(H,8,9);1H;/i;;;1T;. The number of carboxylic acid groups (broad SMARTS) is 1. The smallest absolute Gasteiger partial charge is 0.373 e. The van der Waals surface area contributed by atoms with Crippen molar-refractivity contribution in [2.75, 3.05) is 11.1 Å². The molecule has 2 radical (unpaired) electrons. The van der Waals surface area contributed by atoms with Crippen LogP contribution in [0.5, 0.6) is 0 Å². The van der Waals surface area contributed by atoms with Crippen LogP contribution in [0.25, 0.3) is 21.8 Å². The molecular weight excluding hydrogens is 783 g/mol. The van der Waals surface area contributed by atoms with Gasteiger partial charge >= 0.3 is 5.97 Å². The molecule has 1 amide bonds. The molecule has 0 bridgehead atoms. The van der Waals surface area contributed by atoms with Gasteiger partial charge in [-0.15, -0.1) is 0 Å². The van der Waals surface area contributed by atoms with E-state index in [-0.39, 0.29) is 54.3 Å². The summed E-state index contributed by atoms with van der Waals surface area (Å²) in [4.78, 5) is 44.9. The zero-order valence-corrected chi connectivity index (χ0v) is 26.3. The number of hydrogen-bond acceptors (Lipinski definition) is 9. The van der Waals surface area contributed by atoms with Crippen molar-refractivity contribution < 1.29 is 54.6 Å². The fraction of sp³-hybridized carbons (Fsp3) is 0. The summed E-state index contributed by atoms with van der Waals surface area (Å²) in [5.74, 6) is -2.54. The molecule has 212 valence electrons. The quantitative estimate of drug-likeness (QED) is 0.176. The van der Waals surface area contributed by atoms with E-state index in [1.807, 2.05) is 0 Å². The summed E-state index contributed by atoms with van der Waals surface area (Å²) in [6.45, 7) is 0. The number of carboxylic acids is 1. The number of fused-ring (bicyclic) bond motifs is 2. The second kappa shape index (κ2) is 16.5. The Bertz CT molecular complexity index is 1830. The van der Waals surface area contributed by atoms with Gasteiger partial charge in [-0.1, -0.05) is 12.1 Å². The summed E-state index contributed by atoms with van der Waals surface area (Å²) in [6.07, 6.45) is 8.91.